The largest absolute Gasteiger partial charge is 0.496 e. The van der Waals surface area contributed by atoms with Gasteiger partial charge in [-0.2, -0.15) is 0 Å². The molecule has 0 radical (unpaired) electrons. The second-order valence-corrected chi connectivity index (χ2v) is 5.40. The number of rotatable bonds is 8. The summed E-state index contributed by atoms with van der Waals surface area (Å²) in [6, 6.07) is 5.40. The number of methoxy groups -OCH3 is 1. The maximum absolute atomic E-state index is 12.1. The quantitative estimate of drug-likeness (QED) is 0.738. The van der Waals surface area contributed by atoms with E-state index in [9.17, 15) is 4.79 Å². The Morgan fingerprint density at radius 2 is 2.05 bits per heavy atom. The lowest BCUT2D eigenvalue weighted by molar-refractivity contribution is 0.0949. The highest BCUT2D eigenvalue weighted by Crippen LogP contribution is 2.23. The van der Waals surface area contributed by atoms with Gasteiger partial charge >= 0.3 is 0 Å². The molecule has 0 unspecified atom stereocenters. The Hall–Kier alpha value is -1.07. The SMILES string of the molecule is CCN(CC)CCCNC(=O)c1ccc(Br)cc1OC. The van der Waals surface area contributed by atoms with Gasteiger partial charge in [0.25, 0.3) is 5.91 Å². The predicted octanol–water partition coefficient (Wildman–Crippen LogP) is 2.92. The fourth-order valence-corrected chi connectivity index (χ4v) is 2.33. The van der Waals surface area contributed by atoms with Crippen LogP contribution in [0.5, 0.6) is 5.75 Å². The molecule has 0 aliphatic rings. The van der Waals surface area contributed by atoms with Crippen molar-refractivity contribution in [2.45, 2.75) is 20.3 Å². The van der Waals surface area contributed by atoms with Crippen LogP contribution in [0.1, 0.15) is 30.6 Å². The minimum absolute atomic E-state index is 0.0890. The highest BCUT2D eigenvalue weighted by atomic mass is 79.9. The van der Waals surface area contributed by atoms with Gasteiger partial charge < -0.3 is 15.0 Å². The molecule has 112 valence electrons. The standard InChI is InChI=1S/C15H23BrN2O2/c1-4-18(5-2)10-6-9-17-15(19)13-8-7-12(16)11-14(13)20-3/h7-8,11H,4-6,9-10H2,1-3H3,(H,17,19). The summed E-state index contributed by atoms with van der Waals surface area (Å²) in [6.07, 6.45) is 0.951. The minimum Gasteiger partial charge on any atom is -0.496 e. The Morgan fingerprint density at radius 3 is 2.65 bits per heavy atom. The number of amides is 1. The molecule has 1 aromatic carbocycles. The molecule has 0 aliphatic heterocycles. The van der Waals surface area contributed by atoms with Crippen molar-refractivity contribution >= 4 is 21.8 Å². The van der Waals surface area contributed by atoms with E-state index in [2.05, 4.69) is 40.0 Å². The fourth-order valence-electron chi connectivity index (χ4n) is 1.99. The van der Waals surface area contributed by atoms with Crippen molar-refractivity contribution in [1.82, 2.24) is 10.2 Å². The van der Waals surface area contributed by atoms with Crippen LogP contribution in [0.4, 0.5) is 0 Å². The lowest BCUT2D eigenvalue weighted by atomic mass is 10.2. The van der Waals surface area contributed by atoms with Crippen LogP contribution in [0, 0.1) is 0 Å². The average Bonchev–Trinajstić information content (AvgIpc) is 2.47. The maximum Gasteiger partial charge on any atom is 0.255 e. The number of hydrogen-bond donors (Lipinski definition) is 1. The summed E-state index contributed by atoms with van der Waals surface area (Å²) >= 11 is 3.36. The van der Waals surface area contributed by atoms with E-state index < -0.39 is 0 Å². The Morgan fingerprint density at radius 1 is 1.35 bits per heavy atom. The molecule has 0 heterocycles. The average molecular weight is 343 g/mol. The van der Waals surface area contributed by atoms with Crippen LogP contribution in [0.25, 0.3) is 0 Å². The predicted molar refractivity (Wildman–Crippen MR) is 85.4 cm³/mol. The number of nitrogens with zero attached hydrogens (tertiary/aromatic N) is 1. The first-order valence-corrected chi connectivity index (χ1v) is 7.75. The number of halogens is 1. The van der Waals surface area contributed by atoms with Crippen LogP contribution in [-0.4, -0.2) is 44.1 Å². The lowest BCUT2D eigenvalue weighted by Crippen LogP contribution is -2.30. The first-order chi connectivity index (χ1) is 9.62. The molecule has 0 saturated carbocycles. The number of carbonyl (C=O) groups excluding carboxylic acids is 1. The molecule has 0 aromatic heterocycles. The second kappa shape index (κ2) is 8.97. The lowest BCUT2D eigenvalue weighted by Gasteiger charge is -2.17. The number of ether oxygens (including phenoxy) is 1. The van der Waals surface area contributed by atoms with E-state index in [0.717, 1.165) is 30.5 Å². The Kier molecular flexibility index (Phi) is 7.62. The molecule has 1 aromatic rings. The Labute approximate surface area is 129 Å². The van der Waals surface area contributed by atoms with Crippen LogP contribution in [0.15, 0.2) is 22.7 Å². The van der Waals surface area contributed by atoms with Crippen LogP contribution in [0.2, 0.25) is 0 Å². The van der Waals surface area contributed by atoms with Crippen LogP contribution >= 0.6 is 15.9 Å². The Bertz CT molecular complexity index is 434. The monoisotopic (exact) mass is 342 g/mol. The summed E-state index contributed by atoms with van der Waals surface area (Å²) in [5.41, 5.74) is 0.568. The summed E-state index contributed by atoms with van der Waals surface area (Å²) in [7, 11) is 1.57. The summed E-state index contributed by atoms with van der Waals surface area (Å²) in [6.45, 7) is 8.07. The van der Waals surface area contributed by atoms with E-state index in [1.165, 1.54) is 0 Å². The van der Waals surface area contributed by atoms with Crippen molar-refractivity contribution in [1.29, 1.82) is 0 Å². The van der Waals surface area contributed by atoms with Crippen molar-refractivity contribution in [3.05, 3.63) is 28.2 Å². The summed E-state index contributed by atoms with van der Waals surface area (Å²) < 4.78 is 6.12. The first-order valence-electron chi connectivity index (χ1n) is 6.96. The van der Waals surface area contributed by atoms with Crippen molar-refractivity contribution in [3.63, 3.8) is 0 Å². The van der Waals surface area contributed by atoms with Crippen molar-refractivity contribution in [2.75, 3.05) is 33.3 Å². The van der Waals surface area contributed by atoms with Gasteiger partial charge in [0, 0.05) is 11.0 Å². The smallest absolute Gasteiger partial charge is 0.255 e. The molecule has 1 N–H and O–H groups in total. The maximum atomic E-state index is 12.1. The summed E-state index contributed by atoms with van der Waals surface area (Å²) in [5.74, 6) is 0.495. The molecule has 0 saturated heterocycles. The number of carbonyl (C=O) groups is 1. The third-order valence-corrected chi connectivity index (χ3v) is 3.73. The van der Waals surface area contributed by atoms with Gasteiger partial charge in [-0.25, -0.2) is 0 Å². The molecule has 0 fully saturated rings. The molecule has 20 heavy (non-hydrogen) atoms. The normalized spacial score (nSPS) is 10.7. The van der Waals surface area contributed by atoms with E-state index in [1.807, 2.05) is 6.07 Å². The molecule has 5 heteroatoms. The van der Waals surface area contributed by atoms with Gasteiger partial charge in [-0.15, -0.1) is 0 Å². The van der Waals surface area contributed by atoms with Crippen molar-refractivity contribution in [2.24, 2.45) is 0 Å². The highest BCUT2D eigenvalue weighted by molar-refractivity contribution is 9.10. The molecule has 0 spiro atoms. The topological polar surface area (TPSA) is 41.6 Å². The number of hydrogen-bond acceptors (Lipinski definition) is 3. The van der Waals surface area contributed by atoms with Crippen molar-refractivity contribution in [3.8, 4) is 5.75 Å². The molecule has 1 amide bonds. The van der Waals surface area contributed by atoms with E-state index >= 15 is 0 Å². The van der Waals surface area contributed by atoms with E-state index in [-0.39, 0.29) is 5.91 Å². The van der Waals surface area contributed by atoms with E-state index in [0.29, 0.717) is 17.9 Å². The zero-order valence-corrected chi connectivity index (χ0v) is 14.0. The molecular formula is C15H23BrN2O2. The van der Waals surface area contributed by atoms with Gasteiger partial charge in [-0.1, -0.05) is 29.8 Å². The van der Waals surface area contributed by atoms with Gasteiger partial charge in [0.2, 0.25) is 0 Å². The van der Waals surface area contributed by atoms with E-state index in [4.69, 9.17) is 4.74 Å². The molecule has 4 nitrogen and oxygen atoms in total. The van der Waals surface area contributed by atoms with Crippen LogP contribution in [0.3, 0.4) is 0 Å². The van der Waals surface area contributed by atoms with Gasteiger partial charge in [-0.05, 0) is 44.3 Å². The zero-order chi connectivity index (χ0) is 15.0. The summed E-state index contributed by atoms with van der Waals surface area (Å²) in [5, 5.41) is 2.94. The van der Waals surface area contributed by atoms with Gasteiger partial charge in [0.1, 0.15) is 5.75 Å². The van der Waals surface area contributed by atoms with Gasteiger partial charge in [-0.3, -0.25) is 4.79 Å². The molecule has 0 aliphatic carbocycles. The molecule has 0 atom stereocenters. The van der Waals surface area contributed by atoms with E-state index in [1.54, 1.807) is 19.2 Å². The molecule has 1 rings (SSSR count). The zero-order valence-electron chi connectivity index (χ0n) is 12.4. The third-order valence-electron chi connectivity index (χ3n) is 3.24. The van der Waals surface area contributed by atoms with Crippen molar-refractivity contribution < 1.29 is 9.53 Å². The van der Waals surface area contributed by atoms with Gasteiger partial charge in [0.15, 0.2) is 0 Å². The minimum atomic E-state index is -0.0890. The fraction of sp³-hybridized carbons (Fsp3) is 0.533. The van der Waals surface area contributed by atoms with Crippen LogP contribution in [-0.2, 0) is 0 Å². The summed E-state index contributed by atoms with van der Waals surface area (Å²) in [4.78, 5) is 14.4. The number of nitrogens with one attached hydrogen (secondary N) is 1. The first kappa shape index (κ1) is 17.0. The number of benzene rings is 1. The Balaban J connectivity index is 2.47. The molecular weight excluding hydrogens is 320 g/mol. The molecule has 0 bridgehead atoms. The van der Waals surface area contributed by atoms with Crippen LogP contribution < -0.4 is 10.1 Å². The third kappa shape index (κ3) is 5.13. The second-order valence-electron chi connectivity index (χ2n) is 4.48. The highest BCUT2D eigenvalue weighted by Gasteiger charge is 2.11. The van der Waals surface area contributed by atoms with Gasteiger partial charge in [0.05, 0.1) is 12.7 Å².